The van der Waals surface area contributed by atoms with Gasteiger partial charge >= 0.3 is 7.60 Å². The smallest absolute Gasteiger partial charge is 0.354 e. The molecule has 1 atom stereocenters. The maximum Gasteiger partial charge on any atom is 0.358 e. The van der Waals surface area contributed by atoms with Crippen molar-refractivity contribution in [3.63, 3.8) is 0 Å². The van der Waals surface area contributed by atoms with E-state index in [0.717, 1.165) is 6.08 Å². The zero-order valence-electron chi connectivity index (χ0n) is 4.90. The first-order chi connectivity index (χ1) is 4.50. The van der Waals surface area contributed by atoms with Gasteiger partial charge in [0.15, 0.2) is 5.85 Å². The van der Waals surface area contributed by atoms with Crippen molar-refractivity contribution in [2.24, 2.45) is 0 Å². The quantitative estimate of drug-likeness (QED) is 0.555. The van der Waals surface area contributed by atoms with E-state index < -0.39 is 19.3 Å². The third-order valence-electron chi connectivity index (χ3n) is 1.05. The van der Waals surface area contributed by atoms with Crippen LogP contribution in [0.5, 0.6) is 0 Å². The SMILES string of the molecule is O=P(O)(O)C1C=C(F)CO1. The predicted molar refractivity (Wildman–Crippen MR) is 31.0 cm³/mol. The summed E-state index contributed by atoms with van der Waals surface area (Å²) in [6, 6.07) is 0. The van der Waals surface area contributed by atoms with Crippen molar-refractivity contribution >= 4 is 7.60 Å². The second kappa shape index (κ2) is 2.43. The summed E-state index contributed by atoms with van der Waals surface area (Å²) in [6.07, 6.45) is 0.792. The molecule has 0 aromatic rings. The number of hydrogen-bond donors (Lipinski definition) is 2. The summed E-state index contributed by atoms with van der Waals surface area (Å²) in [5.41, 5.74) is 0. The topological polar surface area (TPSA) is 66.8 Å². The molecule has 2 N–H and O–H groups in total. The van der Waals surface area contributed by atoms with Crippen LogP contribution in [-0.4, -0.2) is 22.2 Å². The fraction of sp³-hybridized carbons (Fsp3) is 0.500. The molecule has 0 aromatic carbocycles. The molecule has 0 spiro atoms. The Balaban J connectivity index is 2.71. The Bertz CT molecular complexity index is 207. The van der Waals surface area contributed by atoms with Crippen LogP contribution in [0.1, 0.15) is 0 Å². The van der Waals surface area contributed by atoms with Crippen molar-refractivity contribution in [3.8, 4) is 0 Å². The van der Waals surface area contributed by atoms with Gasteiger partial charge in [-0.25, -0.2) is 4.39 Å². The monoisotopic (exact) mass is 168 g/mol. The van der Waals surface area contributed by atoms with Gasteiger partial charge in [-0.15, -0.1) is 0 Å². The highest BCUT2D eigenvalue weighted by Gasteiger charge is 2.32. The molecular weight excluding hydrogens is 162 g/mol. The van der Waals surface area contributed by atoms with E-state index in [1.54, 1.807) is 0 Å². The van der Waals surface area contributed by atoms with E-state index in [4.69, 9.17) is 9.79 Å². The van der Waals surface area contributed by atoms with Crippen LogP contribution in [0.4, 0.5) is 4.39 Å². The van der Waals surface area contributed by atoms with Crippen LogP contribution in [0.25, 0.3) is 0 Å². The summed E-state index contributed by atoms with van der Waals surface area (Å²) in [6.45, 7) is -0.338. The maximum absolute atomic E-state index is 12.1. The predicted octanol–water partition coefficient (Wildman–Crippen LogP) is 0.374. The van der Waals surface area contributed by atoms with Gasteiger partial charge in [0.25, 0.3) is 0 Å². The van der Waals surface area contributed by atoms with Crippen LogP contribution >= 0.6 is 7.60 Å². The average Bonchev–Trinajstić information content (AvgIpc) is 2.11. The number of ether oxygens (including phenoxy) is 1. The van der Waals surface area contributed by atoms with Crippen molar-refractivity contribution < 1.29 is 23.5 Å². The molecule has 0 radical (unpaired) electrons. The van der Waals surface area contributed by atoms with Crippen molar-refractivity contribution in [1.82, 2.24) is 0 Å². The molecule has 4 nitrogen and oxygen atoms in total. The van der Waals surface area contributed by atoms with Crippen molar-refractivity contribution in [2.75, 3.05) is 6.61 Å². The lowest BCUT2D eigenvalue weighted by Crippen LogP contribution is -2.04. The molecule has 58 valence electrons. The summed E-state index contributed by atoms with van der Waals surface area (Å²) in [4.78, 5) is 16.8. The Morgan fingerprint density at radius 1 is 1.80 bits per heavy atom. The average molecular weight is 168 g/mol. The maximum atomic E-state index is 12.1. The first-order valence-electron chi connectivity index (χ1n) is 2.53. The fourth-order valence-corrected chi connectivity index (χ4v) is 1.23. The molecule has 10 heavy (non-hydrogen) atoms. The third-order valence-corrected chi connectivity index (χ3v) is 2.01. The Morgan fingerprint density at radius 3 is 2.60 bits per heavy atom. The first kappa shape index (κ1) is 7.88. The van der Waals surface area contributed by atoms with Gasteiger partial charge in [0.2, 0.25) is 0 Å². The molecule has 0 amide bonds. The van der Waals surface area contributed by atoms with Crippen molar-refractivity contribution in [2.45, 2.75) is 5.85 Å². The Kier molecular flexibility index (Phi) is 1.92. The van der Waals surface area contributed by atoms with Crippen LogP contribution in [0, 0.1) is 0 Å². The van der Waals surface area contributed by atoms with Crippen LogP contribution in [0.3, 0.4) is 0 Å². The van der Waals surface area contributed by atoms with Gasteiger partial charge in [-0.3, -0.25) is 4.57 Å². The highest BCUT2D eigenvalue weighted by atomic mass is 31.2. The van der Waals surface area contributed by atoms with Gasteiger partial charge in [-0.05, 0) is 6.08 Å². The van der Waals surface area contributed by atoms with Crippen LogP contribution < -0.4 is 0 Å². The Labute approximate surface area is 56.5 Å². The molecule has 1 aliphatic rings. The lowest BCUT2D eigenvalue weighted by atomic mass is 10.5. The number of halogens is 1. The van der Waals surface area contributed by atoms with E-state index in [0.29, 0.717) is 0 Å². The van der Waals surface area contributed by atoms with Gasteiger partial charge in [-0.2, -0.15) is 0 Å². The van der Waals surface area contributed by atoms with Gasteiger partial charge in [-0.1, -0.05) is 0 Å². The molecule has 0 saturated heterocycles. The van der Waals surface area contributed by atoms with Crippen molar-refractivity contribution in [1.29, 1.82) is 0 Å². The molecule has 1 rings (SSSR count). The van der Waals surface area contributed by atoms with Crippen molar-refractivity contribution in [3.05, 3.63) is 11.9 Å². The minimum atomic E-state index is -4.29. The lowest BCUT2D eigenvalue weighted by Gasteiger charge is -2.08. The van der Waals surface area contributed by atoms with E-state index in [9.17, 15) is 8.96 Å². The molecule has 0 fully saturated rings. The highest BCUT2D eigenvalue weighted by Crippen LogP contribution is 2.45. The first-order valence-corrected chi connectivity index (χ1v) is 4.21. The Morgan fingerprint density at radius 2 is 2.40 bits per heavy atom. The normalized spacial score (nSPS) is 26.7. The summed E-state index contributed by atoms with van der Waals surface area (Å²) < 4.78 is 26.8. The second-order valence-electron chi connectivity index (χ2n) is 1.90. The zero-order chi connectivity index (χ0) is 7.78. The van der Waals surface area contributed by atoms with E-state index in [2.05, 4.69) is 4.74 Å². The standard InChI is InChI=1S/C4H6FO4P/c5-3-1-4(9-2-3)10(6,7)8/h1,4H,2H2,(H2,6,7,8). The fourth-order valence-electron chi connectivity index (χ4n) is 0.610. The summed E-state index contributed by atoms with van der Waals surface area (Å²) >= 11 is 0. The molecule has 6 heteroatoms. The highest BCUT2D eigenvalue weighted by molar-refractivity contribution is 7.52. The largest absolute Gasteiger partial charge is 0.358 e. The van der Waals surface area contributed by atoms with E-state index in [-0.39, 0.29) is 6.61 Å². The minimum absolute atomic E-state index is 0.338. The summed E-state index contributed by atoms with van der Waals surface area (Å²) in [5, 5.41) is 0. The zero-order valence-corrected chi connectivity index (χ0v) is 5.79. The van der Waals surface area contributed by atoms with Crippen LogP contribution in [0.2, 0.25) is 0 Å². The molecular formula is C4H6FO4P. The summed E-state index contributed by atoms with van der Waals surface area (Å²) in [7, 11) is -4.29. The van der Waals surface area contributed by atoms with Gasteiger partial charge in [0, 0.05) is 0 Å². The van der Waals surface area contributed by atoms with E-state index in [1.165, 1.54) is 0 Å². The minimum Gasteiger partial charge on any atom is -0.354 e. The molecule has 1 unspecified atom stereocenters. The molecule has 0 bridgehead atoms. The number of rotatable bonds is 1. The lowest BCUT2D eigenvalue weighted by molar-refractivity contribution is 0.145. The molecule has 0 aliphatic carbocycles. The van der Waals surface area contributed by atoms with Crippen LogP contribution in [-0.2, 0) is 9.30 Å². The summed E-state index contributed by atoms with van der Waals surface area (Å²) in [5.74, 6) is -2.01. The second-order valence-corrected chi connectivity index (χ2v) is 3.59. The molecule has 1 heterocycles. The Hall–Kier alpha value is -0.220. The van der Waals surface area contributed by atoms with Gasteiger partial charge in [0.05, 0.1) is 6.61 Å². The van der Waals surface area contributed by atoms with E-state index in [1.807, 2.05) is 0 Å². The molecule has 0 aromatic heterocycles. The third kappa shape index (κ3) is 1.64. The molecule has 0 saturated carbocycles. The van der Waals surface area contributed by atoms with Gasteiger partial charge < -0.3 is 14.5 Å². The number of hydrogen-bond acceptors (Lipinski definition) is 2. The molecule has 1 aliphatic heterocycles. The van der Waals surface area contributed by atoms with E-state index >= 15 is 0 Å². The van der Waals surface area contributed by atoms with Gasteiger partial charge in [0.1, 0.15) is 5.83 Å². The van der Waals surface area contributed by atoms with Crippen LogP contribution in [0.15, 0.2) is 11.9 Å².